The second-order valence-corrected chi connectivity index (χ2v) is 7.78. The van der Waals surface area contributed by atoms with Gasteiger partial charge in [0, 0.05) is 20.5 Å². The summed E-state index contributed by atoms with van der Waals surface area (Å²) in [6, 6.07) is 21.8. The maximum absolute atomic E-state index is 12.6. The fraction of sp³-hybridized carbons (Fsp3) is 0. The molecule has 27 heavy (non-hydrogen) atoms. The van der Waals surface area contributed by atoms with Crippen LogP contribution in [0.25, 0.3) is 6.08 Å². The van der Waals surface area contributed by atoms with Gasteiger partial charge >= 0.3 is 5.97 Å². The summed E-state index contributed by atoms with van der Waals surface area (Å²) in [6.45, 7) is 0. The van der Waals surface area contributed by atoms with Gasteiger partial charge in [-0.2, -0.15) is 0 Å². The molecule has 3 aromatic carbocycles. The fourth-order valence-electron chi connectivity index (χ4n) is 2.75. The van der Waals surface area contributed by atoms with Gasteiger partial charge in [0.15, 0.2) is 0 Å². The van der Waals surface area contributed by atoms with Gasteiger partial charge in [-0.05, 0) is 52.3 Å². The number of rotatable bonds is 3. The lowest BCUT2D eigenvalue weighted by molar-refractivity contribution is 0.0733. The Morgan fingerprint density at radius 3 is 2.44 bits per heavy atom. The number of benzene rings is 3. The molecular weight excluding hydrogens is 424 g/mol. The van der Waals surface area contributed by atoms with Crippen molar-refractivity contribution < 1.29 is 14.3 Å². The second kappa shape index (κ2) is 7.55. The van der Waals surface area contributed by atoms with Crippen LogP contribution in [0.3, 0.4) is 0 Å². The van der Waals surface area contributed by atoms with Gasteiger partial charge in [0.25, 0.3) is 0 Å². The maximum atomic E-state index is 12.6. The number of esters is 1. The van der Waals surface area contributed by atoms with E-state index >= 15 is 0 Å². The lowest BCUT2D eigenvalue weighted by atomic mass is 10.1. The first-order valence-corrected chi connectivity index (χ1v) is 9.83. The standard InChI is InChI=1S/C22H13BrO3S/c23-17-10-4-2-8-15(17)22(25)26-18-11-5-1-7-14(18)13-20-21(24)16-9-3-6-12-19(16)27-20/h1-13H. The molecule has 0 spiro atoms. The van der Waals surface area contributed by atoms with Crippen LogP contribution in [0.1, 0.15) is 26.3 Å². The molecule has 4 rings (SSSR count). The Kier molecular flexibility index (Phi) is 4.97. The highest BCUT2D eigenvalue weighted by atomic mass is 79.9. The van der Waals surface area contributed by atoms with Crippen LogP contribution in [-0.4, -0.2) is 11.8 Å². The first-order chi connectivity index (χ1) is 13.1. The van der Waals surface area contributed by atoms with E-state index in [1.807, 2.05) is 42.5 Å². The van der Waals surface area contributed by atoms with Gasteiger partial charge in [0.05, 0.1) is 10.5 Å². The summed E-state index contributed by atoms with van der Waals surface area (Å²) in [4.78, 5) is 26.7. The Morgan fingerprint density at radius 2 is 1.63 bits per heavy atom. The Morgan fingerprint density at radius 1 is 0.926 bits per heavy atom. The number of thioether (sulfide) groups is 1. The number of allylic oxidation sites excluding steroid dienone is 1. The Labute approximate surface area is 169 Å². The van der Waals surface area contributed by atoms with E-state index in [-0.39, 0.29) is 5.78 Å². The van der Waals surface area contributed by atoms with Gasteiger partial charge in [0.1, 0.15) is 5.75 Å². The minimum atomic E-state index is -0.456. The van der Waals surface area contributed by atoms with Crippen molar-refractivity contribution in [1.82, 2.24) is 0 Å². The molecule has 0 atom stereocenters. The van der Waals surface area contributed by atoms with Crippen molar-refractivity contribution in [2.75, 3.05) is 0 Å². The van der Waals surface area contributed by atoms with Gasteiger partial charge in [-0.15, -0.1) is 0 Å². The van der Waals surface area contributed by atoms with Crippen LogP contribution in [-0.2, 0) is 0 Å². The van der Waals surface area contributed by atoms with Gasteiger partial charge in [-0.3, -0.25) is 4.79 Å². The molecule has 0 bridgehead atoms. The van der Waals surface area contributed by atoms with E-state index in [1.165, 1.54) is 11.8 Å². The van der Waals surface area contributed by atoms with E-state index < -0.39 is 5.97 Å². The van der Waals surface area contributed by atoms with Crippen molar-refractivity contribution in [2.24, 2.45) is 0 Å². The molecule has 1 aliphatic heterocycles. The predicted molar refractivity (Wildman–Crippen MR) is 110 cm³/mol. The van der Waals surface area contributed by atoms with Crippen LogP contribution >= 0.6 is 27.7 Å². The molecule has 0 saturated heterocycles. The van der Waals surface area contributed by atoms with Crippen LogP contribution < -0.4 is 4.74 Å². The van der Waals surface area contributed by atoms with Crippen molar-refractivity contribution in [3.63, 3.8) is 0 Å². The van der Waals surface area contributed by atoms with Crippen molar-refractivity contribution >= 4 is 45.5 Å². The van der Waals surface area contributed by atoms with Crippen LogP contribution in [0, 0.1) is 0 Å². The highest BCUT2D eigenvalue weighted by Gasteiger charge is 2.25. The molecule has 0 unspecified atom stereocenters. The topological polar surface area (TPSA) is 43.4 Å². The van der Waals surface area contributed by atoms with E-state index in [1.54, 1.807) is 36.4 Å². The molecule has 0 fully saturated rings. The number of carbonyl (C=O) groups excluding carboxylic acids is 2. The number of carbonyl (C=O) groups is 2. The smallest absolute Gasteiger partial charge is 0.344 e. The SMILES string of the molecule is O=C(Oc1ccccc1C=C1Sc2ccccc2C1=O)c1ccccc1Br. The molecule has 0 aromatic heterocycles. The summed E-state index contributed by atoms with van der Waals surface area (Å²) in [7, 11) is 0. The van der Waals surface area contributed by atoms with Gasteiger partial charge in [-0.25, -0.2) is 4.79 Å². The molecule has 3 nitrogen and oxygen atoms in total. The van der Waals surface area contributed by atoms with Gasteiger partial charge < -0.3 is 4.74 Å². The summed E-state index contributed by atoms with van der Waals surface area (Å²) >= 11 is 4.79. The van der Waals surface area contributed by atoms with Crippen LogP contribution in [0.5, 0.6) is 5.75 Å². The number of fused-ring (bicyclic) bond motifs is 1. The quantitative estimate of drug-likeness (QED) is 0.287. The summed E-state index contributed by atoms with van der Waals surface area (Å²) < 4.78 is 6.27. The van der Waals surface area contributed by atoms with E-state index in [9.17, 15) is 9.59 Å². The number of ether oxygens (including phenoxy) is 1. The number of hydrogen-bond donors (Lipinski definition) is 0. The van der Waals surface area contributed by atoms with Crippen LogP contribution in [0.2, 0.25) is 0 Å². The molecule has 0 amide bonds. The normalized spacial score (nSPS) is 14.3. The minimum Gasteiger partial charge on any atom is -0.422 e. The molecule has 0 aliphatic carbocycles. The summed E-state index contributed by atoms with van der Waals surface area (Å²) in [5.41, 5.74) is 1.83. The molecule has 0 saturated carbocycles. The first kappa shape index (κ1) is 17.8. The molecule has 0 N–H and O–H groups in total. The average Bonchev–Trinajstić information content (AvgIpc) is 2.99. The van der Waals surface area contributed by atoms with Gasteiger partial charge in [-0.1, -0.05) is 54.2 Å². The second-order valence-electron chi connectivity index (χ2n) is 5.84. The Bertz CT molecular complexity index is 1090. The number of hydrogen-bond acceptors (Lipinski definition) is 4. The van der Waals surface area contributed by atoms with Crippen LogP contribution in [0.15, 0.2) is 87.1 Å². The molecule has 3 aromatic rings. The third-order valence-corrected chi connectivity index (χ3v) is 5.87. The molecule has 5 heteroatoms. The van der Waals surface area contributed by atoms with Crippen molar-refractivity contribution in [1.29, 1.82) is 0 Å². The minimum absolute atomic E-state index is 0.0115. The molecular formula is C22H13BrO3S. The number of halogens is 1. The van der Waals surface area contributed by atoms with Crippen molar-refractivity contribution in [3.05, 3.63) is 98.9 Å². The zero-order valence-electron chi connectivity index (χ0n) is 14.0. The summed E-state index contributed by atoms with van der Waals surface area (Å²) in [5.74, 6) is -0.0559. The third-order valence-electron chi connectivity index (χ3n) is 4.08. The number of para-hydroxylation sites is 1. The highest BCUT2D eigenvalue weighted by molar-refractivity contribution is 9.10. The molecule has 132 valence electrons. The van der Waals surface area contributed by atoms with Crippen LogP contribution in [0.4, 0.5) is 0 Å². The maximum Gasteiger partial charge on any atom is 0.344 e. The predicted octanol–water partition coefficient (Wildman–Crippen LogP) is 6.00. The fourth-order valence-corrected chi connectivity index (χ4v) is 4.24. The van der Waals surface area contributed by atoms with Gasteiger partial charge in [0.2, 0.25) is 5.78 Å². The van der Waals surface area contributed by atoms with E-state index in [0.717, 1.165) is 4.90 Å². The third kappa shape index (κ3) is 3.61. The zero-order chi connectivity index (χ0) is 18.8. The van der Waals surface area contributed by atoms with E-state index in [0.29, 0.717) is 31.8 Å². The van der Waals surface area contributed by atoms with E-state index in [4.69, 9.17) is 4.74 Å². The van der Waals surface area contributed by atoms with Crippen molar-refractivity contribution in [2.45, 2.75) is 4.90 Å². The number of Topliss-reactive ketones (excluding diaryl/α,β-unsaturated/α-hetero) is 1. The first-order valence-electron chi connectivity index (χ1n) is 8.22. The molecule has 1 aliphatic rings. The zero-order valence-corrected chi connectivity index (χ0v) is 16.4. The van der Waals surface area contributed by atoms with Crippen molar-refractivity contribution in [3.8, 4) is 5.75 Å². The summed E-state index contributed by atoms with van der Waals surface area (Å²) in [6.07, 6.45) is 1.77. The molecule has 0 radical (unpaired) electrons. The van der Waals surface area contributed by atoms with E-state index in [2.05, 4.69) is 15.9 Å². The lowest BCUT2D eigenvalue weighted by Gasteiger charge is -2.09. The number of ketones is 1. The Hall–Kier alpha value is -2.63. The monoisotopic (exact) mass is 436 g/mol. The lowest BCUT2D eigenvalue weighted by Crippen LogP contribution is -2.10. The summed E-state index contributed by atoms with van der Waals surface area (Å²) in [5, 5.41) is 0. The largest absolute Gasteiger partial charge is 0.422 e. The highest BCUT2D eigenvalue weighted by Crippen LogP contribution is 2.41. The average molecular weight is 437 g/mol. The molecule has 1 heterocycles. The Balaban J connectivity index is 1.64.